The van der Waals surface area contributed by atoms with Crippen LogP contribution in [0.25, 0.3) is 0 Å². The summed E-state index contributed by atoms with van der Waals surface area (Å²) in [5.41, 5.74) is 5.67. The van der Waals surface area contributed by atoms with Crippen molar-refractivity contribution in [3.05, 3.63) is 65.0 Å². The fraction of sp³-hybridized carbons (Fsp3) is 0.0714. The summed E-state index contributed by atoms with van der Waals surface area (Å²) in [5.74, 6) is -1.91. The minimum atomic E-state index is -0.711. The standard InChI is InChI=1S/C14H10F3NOS/c15-9-4-8(5-10(16)6-9)7-19-12-3-1-2-11(17)13(12)14(18)20/h1-6H,7H2,(H2,18,20). The van der Waals surface area contributed by atoms with Gasteiger partial charge in [0.2, 0.25) is 0 Å². The maximum atomic E-state index is 13.6. The molecule has 0 amide bonds. The molecule has 20 heavy (non-hydrogen) atoms. The number of rotatable bonds is 4. The Bertz CT molecular complexity index is 641. The van der Waals surface area contributed by atoms with Crippen LogP contribution >= 0.6 is 12.2 Å². The molecule has 0 bridgehead atoms. The summed E-state index contributed by atoms with van der Waals surface area (Å²) in [7, 11) is 0. The van der Waals surface area contributed by atoms with Crippen molar-refractivity contribution in [2.45, 2.75) is 6.61 Å². The molecule has 0 fully saturated rings. The van der Waals surface area contributed by atoms with Gasteiger partial charge < -0.3 is 10.5 Å². The molecule has 0 aliphatic rings. The lowest BCUT2D eigenvalue weighted by Crippen LogP contribution is -2.14. The average molecular weight is 297 g/mol. The first-order valence-corrected chi connectivity index (χ1v) is 6.04. The molecule has 0 saturated carbocycles. The van der Waals surface area contributed by atoms with Crippen molar-refractivity contribution in [3.8, 4) is 5.75 Å². The molecule has 0 spiro atoms. The number of hydrogen-bond acceptors (Lipinski definition) is 2. The normalized spacial score (nSPS) is 10.3. The van der Waals surface area contributed by atoms with E-state index in [2.05, 4.69) is 0 Å². The first-order valence-electron chi connectivity index (χ1n) is 5.63. The Labute approximate surface area is 119 Å². The molecule has 0 saturated heterocycles. The molecule has 0 aromatic heterocycles. The van der Waals surface area contributed by atoms with E-state index in [1.165, 1.54) is 18.2 Å². The van der Waals surface area contributed by atoms with E-state index >= 15 is 0 Å². The molecular weight excluding hydrogens is 287 g/mol. The molecule has 0 aliphatic carbocycles. The molecular formula is C14H10F3NOS. The summed E-state index contributed by atoms with van der Waals surface area (Å²) in [6.07, 6.45) is 0. The van der Waals surface area contributed by atoms with Crippen LogP contribution in [0, 0.1) is 17.5 Å². The fourth-order valence-corrected chi connectivity index (χ4v) is 1.92. The highest BCUT2D eigenvalue weighted by molar-refractivity contribution is 7.80. The molecule has 2 aromatic rings. The second kappa shape index (κ2) is 5.92. The summed E-state index contributed by atoms with van der Waals surface area (Å²) in [5, 5.41) is 0. The van der Waals surface area contributed by atoms with Crippen LogP contribution in [0.2, 0.25) is 0 Å². The van der Waals surface area contributed by atoms with Crippen LogP contribution in [-0.4, -0.2) is 4.99 Å². The molecule has 0 heterocycles. The van der Waals surface area contributed by atoms with E-state index in [1.807, 2.05) is 0 Å². The molecule has 0 unspecified atom stereocenters. The van der Waals surface area contributed by atoms with Crippen molar-refractivity contribution in [3.63, 3.8) is 0 Å². The SMILES string of the molecule is NC(=S)c1c(F)cccc1OCc1cc(F)cc(F)c1. The zero-order valence-electron chi connectivity index (χ0n) is 10.2. The van der Waals surface area contributed by atoms with Gasteiger partial charge in [0.1, 0.15) is 34.8 Å². The van der Waals surface area contributed by atoms with Crippen LogP contribution in [0.3, 0.4) is 0 Å². The van der Waals surface area contributed by atoms with Gasteiger partial charge in [0, 0.05) is 6.07 Å². The van der Waals surface area contributed by atoms with E-state index in [4.69, 9.17) is 22.7 Å². The van der Waals surface area contributed by atoms with Crippen molar-refractivity contribution in [2.24, 2.45) is 5.73 Å². The summed E-state index contributed by atoms with van der Waals surface area (Å²) in [6, 6.07) is 7.12. The van der Waals surface area contributed by atoms with Gasteiger partial charge in [-0.15, -0.1) is 0 Å². The Morgan fingerprint density at radius 1 is 1.10 bits per heavy atom. The minimum absolute atomic E-state index is 0.0284. The van der Waals surface area contributed by atoms with E-state index < -0.39 is 17.5 Å². The molecule has 2 N–H and O–H groups in total. The van der Waals surface area contributed by atoms with Crippen LogP contribution in [0.15, 0.2) is 36.4 Å². The van der Waals surface area contributed by atoms with Crippen LogP contribution in [0.1, 0.15) is 11.1 Å². The maximum absolute atomic E-state index is 13.6. The molecule has 0 atom stereocenters. The van der Waals surface area contributed by atoms with E-state index in [1.54, 1.807) is 0 Å². The molecule has 2 aromatic carbocycles. The van der Waals surface area contributed by atoms with Crippen molar-refractivity contribution in [2.75, 3.05) is 0 Å². The van der Waals surface area contributed by atoms with Gasteiger partial charge in [-0.05, 0) is 29.8 Å². The lowest BCUT2D eigenvalue weighted by atomic mass is 10.2. The average Bonchev–Trinajstić information content (AvgIpc) is 2.34. The van der Waals surface area contributed by atoms with E-state index in [0.29, 0.717) is 0 Å². The number of halogens is 3. The molecule has 6 heteroatoms. The highest BCUT2D eigenvalue weighted by Gasteiger charge is 2.12. The molecule has 2 rings (SSSR count). The predicted octanol–water partition coefficient (Wildman–Crippen LogP) is 3.32. The van der Waals surface area contributed by atoms with Crippen LogP contribution in [0.5, 0.6) is 5.75 Å². The maximum Gasteiger partial charge on any atom is 0.137 e. The number of nitrogens with two attached hydrogens (primary N) is 1. The highest BCUT2D eigenvalue weighted by Crippen LogP contribution is 2.22. The van der Waals surface area contributed by atoms with Crippen molar-refractivity contribution in [1.82, 2.24) is 0 Å². The zero-order chi connectivity index (χ0) is 14.7. The first kappa shape index (κ1) is 14.3. The predicted molar refractivity (Wildman–Crippen MR) is 73.0 cm³/mol. The third kappa shape index (κ3) is 3.27. The Kier molecular flexibility index (Phi) is 4.24. The van der Waals surface area contributed by atoms with Gasteiger partial charge in [-0.25, -0.2) is 13.2 Å². The van der Waals surface area contributed by atoms with Gasteiger partial charge in [0.25, 0.3) is 0 Å². The topological polar surface area (TPSA) is 35.2 Å². The van der Waals surface area contributed by atoms with Gasteiger partial charge >= 0.3 is 0 Å². The van der Waals surface area contributed by atoms with Crippen molar-refractivity contribution < 1.29 is 17.9 Å². The number of thiocarbonyl (C=S) groups is 1. The third-order valence-corrected chi connectivity index (χ3v) is 2.74. The van der Waals surface area contributed by atoms with Gasteiger partial charge in [-0.2, -0.15) is 0 Å². The smallest absolute Gasteiger partial charge is 0.137 e. The minimum Gasteiger partial charge on any atom is -0.488 e. The van der Waals surface area contributed by atoms with Gasteiger partial charge in [0.15, 0.2) is 0 Å². The van der Waals surface area contributed by atoms with Crippen molar-refractivity contribution >= 4 is 17.2 Å². The molecule has 0 aliphatic heterocycles. The highest BCUT2D eigenvalue weighted by atomic mass is 32.1. The van der Waals surface area contributed by atoms with E-state index in [0.717, 1.165) is 18.2 Å². The van der Waals surface area contributed by atoms with Crippen LogP contribution in [-0.2, 0) is 6.61 Å². The quantitative estimate of drug-likeness (QED) is 0.879. The number of ether oxygens (including phenoxy) is 1. The number of hydrogen-bond donors (Lipinski definition) is 1. The zero-order valence-corrected chi connectivity index (χ0v) is 11.0. The monoisotopic (exact) mass is 297 g/mol. The summed E-state index contributed by atoms with van der Waals surface area (Å²) in [4.78, 5) is -0.150. The van der Waals surface area contributed by atoms with Gasteiger partial charge in [-0.1, -0.05) is 18.3 Å². The Balaban J connectivity index is 2.23. The number of benzene rings is 2. The molecule has 104 valence electrons. The fourth-order valence-electron chi connectivity index (χ4n) is 1.72. The molecule has 2 nitrogen and oxygen atoms in total. The lowest BCUT2D eigenvalue weighted by molar-refractivity contribution is 0.302. The Hall–Kier alpha value is -2.08. The Morgan fingerprint density at radius 3 is 2.35 bits per heavy atom. The summed E-state index contributed by atoms with van der Waals surface area (Å²) >= 11 is 4.75. The summed E-state index contributed by atoms with van der Waals surface area (Å²) in [6.45, 7) is -0.131. The molecule has 0 radical (unpaired) electrons. The summed E-state index contributed by atoms with van der Waals surface area (Å²) < 4.78 is 45.0. The van der Waals surface area contributed by atoms with Crippen molar-refractivity contribution in [1.29, 1.82) is 0 Å². The largest absolute Gasteiger partial charge is 0.488 e. The van der Waals surface area contributed by atoms with Gasteiger partial charge in [-0.3, -0.25) is 0 Å². The van der Waals surface area contributed by atoms with Gasteiger partial charge in [0.05, 0.1) is 5.56 Å². The first-order chi connectivity index (χ1) is 9.47. The second-order valence-electron chi connectivity index (χ2n) is 4.04. The third-order valence-electron chi connectivity index (χ3n) is 2.54. The van der Waals surface area contributed by atoms with Crippen LogP contribution < -0.4 is 10.5 Å². The second-order valence-corrected chi connectivity index (χ2v) is 4.48. The van der Waals surface area contributed by atoms with Crippen LogP contribution in [0.4, 0.5) is 13.2 Å². The lowest BCUT2D eigenvalue weighted by Gasteiger charge is -2.11. The van der Waals surface area contributed by atoms with E-state index in [9.17, 15) is 13.2 Å². The van der Waals surface area contributed by atoms with E-state index in [-0.39, 0.29) is 28.5 Å². The Morgan fingerprint density at radius 2 is 1.75 bits per heavy atom.